The molecule has 0 unspecified atom stereocenters. The summed E-state index contributed by atoms with van der Waals surface area (Å²) in [5.74, 6) is 0.160. The molecule has 0 bridgehead atoms. The molecule has 0 N–H and O–H groups in total. The summed E-state index contributed by atoms with van der Waals surface area (Å²) < 4.78 is 2.01. The Balaban J connectivity index is 1.94. The number of aromatic nitrogens is 1. The van der Waals surface area contributed by atoms with Gasteiger partial charge in [0.05, 0.1) is 6.54 Å². The Morgan fingerprint density at radius 1 is 1.05 bits per heavy atom. The number of Topliss-reactive ketones (excluding diaryl/α,β-unsaturated/α-hetero) is 1. The summed E-state index contributed by atoms with van der Waals surface area (Å²) in [7, 11) is 0. The number of ketones is 1. The predicted octanol–water partition coefficient (Wildman–Crippen LogP) is 4.14. The van der Waals surface area contributed by atoms with Crippen LogP contribution in [0.2, 0.25) is 0 Å². The molecule has 0 saturated carbocycles. The highest BCUT2D eigenvalue weighted by Gasteiger charge is 2.11. The van der Waals surface area contributed by atoms with Gasteiger partial charge in [-0.05, 0) is 43.0 Å². The van der Waals surface area contributed by atoms with Crippen molar-refractivity contribution < 1.29 is 4.79 Å². The summed E-state index contributed by atoms with van der Waals surface area (Å²) in [4.78, 5) is 12.5. The van der Waals surface area contributed by atoms with Crippen molar-refractivity contribution >= 4 is 16.7 Å². The van der Waals surface area contributed by atoms with E-state index >= 15 is 0 Å². The highest BCUT2D eigenvalue weighted by atomic mass is 16.1. The van der Waals surface area contributed by atoms with E-state index in [0.717, 1.165) is 22.2 Å². The quantitative estimate of drug-likeness (QED) is 0.651. The van der Waals surface area contributed by atoms with E-state index in [2.05, 4.69) is 6.07 Å². The van der Waals surface area contributed by atoms with Gasteiger partial charge in [0.15, 0.2) is 5.78 Å². The van der Waals surface area contributed by atoms with Crippen LogP contribution < -0.4 is 0 Å². The van der Waals surface area contributed by atoms with Crippen molar-refractivity contribution in [1.29, 1.82) is 0 Å². The molecule has 0 aliphatic carbocycles. The van der Waals surface area contributed by atoms with E-state index in [0.29, 0.717) is 6.54 Å². The Bertz CT molecular complexity index is 783. The minimum atomic E-state index is 0.160. The van der Waals surface area contributed by atoms with Gasteiger partial charge in [0.1, 0.15) is 0 Å². The molecule has 0 atom stereocenters. The van der Waals surface area contributed by atoms with Crippen LogP contribution in [0.3, 0.4) is 0 Å². The monoisotopic (exact) mass is 263 g/mol. The number of benzene rings is 2. The Hall–Kier alpha value is -2.35. The fourth-order valence-electron chi connectivity index (χ4n) is 2.55. The van der Waals surface area contributed by atoms with Crippen LogP contribution in [0.25, 0.3) is 10.9 Å². The van der Waals surface area contributed by atoms with Crippen LogP contribution in [0.4, 0.5) is 0 Å². The molecule has 0 saturated heterocycles. The molecule has 0 spiro atoms. The maximum atomic E-state index is 12.5. The third kappa shape index (κ3) is 2.25. The smallest absolute Gasteiger partial charge is 0.182 e. The molecule has 0 amide bonds. The molecular weight excluding hydrogens is 246 g/mol. The Kier molecular flexibility index (Phi) is 3.15. The summed E-state index contributed by atoms with van der Waals surface area (Å²) in [5.41, 5.74) is 4.09. The van der Waals surface area contributed by atoms with E-state index in [1.54, 1.807) is 0 Å². The second-order valence-electron chi connectivity index (χ2n) is 5.24. The molecule has 2 nitrogen and oxygen atoms in total. The number of nitrogens with zero attached hydrogens (tertiary/aromatic N) is 1. The van der Waals surface area contributed by atoms with Gasteiger partial charge in [-0.2, -0.15) is 0 Å². The van der Waals surface area contributed by atoms with Crippen molar-refractivity contribution in [2.45, 2.75) is 20.4 Å². The van der Waals surface area contributed by atoms with E-state index in [1.807, 2.05) is 67.1 Å². The molecule has 3 rings (SSSR count). The van der Waals surface area contributed by atoms with Crippen molar-refractivity contribution in [3.05, 3.63) is 71.4 Å². The van der Waals surface area contributed by atoms with Gasteiger partial charge < -0.3 is 4.57 Å². The zero-order chi connectivity index (χ0) is 14.1. The summed E-state index contributed by atoms with van der Waals surface area (Å²) in [6, 6.07) is 16.2. The zero-order valence-electron chi connectivity index (χ0n) is 11.8. The fourth-order valence-corrected chi connectivity index (χ4v) is 2.55. The van der Waals surface area contributed by atoms with Crippen LogP contribution in [-0.2, 0) is 6.54 Å². The van der Waals surface area contributed by atoms with Crippen LogP contribution in [0, 0.1) is 13.8 Å². The number of rotatable bonds is 3. The molecule has 0 aliphatic rings. The molecule has 1 aromatic heterocycles. The van der Waals surface area contributed by atoms with Crippen LogP contribution in [0.1, 0.15) is 21.5 Å². The van der Waals surface area contributed by atoms with E-state index in [9.17, 15) is 4.79 Å². The number of carbonyl (C=O) groups is 1. The number of hydrogen-bond donors (Lipinski definition) is 0. The lowest BCUT2D eigenvalue weighted by molar-refractivity contribution is 0.0973. The maximum absolute atomic E-state index is 12.5. The number of para-hydroxylation sites is 1. The lowest BCUT2D eigenvalue weighted by Gasteiger charge is -2.08. The van der Waals surface area contributed by atoms with Gasteiger partial charge in [0.2, 0.25) is 0 Å². The summed E-state index contributed by atoms with van der Waals surface area (Å²) in [6.07, 6.45) is 1.98. The van der Waals surface area contributed by atoms with Gasteiger partial charge in [0.25, 0.3) is 0 Å². The Labute approximate surface area is 118 Å². The first-order chi connectivity index (χ1) is 9.65. The Morgan fingerprint density at radius 2 is 1.85 bits per heavy atom. The van der Waals surface area contributed by atoms with Gasteiger partial charge in [0, 0.05) is 17.3 Å². The van der Waals surface area contributed by atoms with E-state index in [4.69, 9.17) is 0 Å². The van der Waals surface area contributed by atoms with Gasteiger partial charge in [-0.25, -0.2) is 0 Å². The number of carbonyl (C=O) groups excluding carboxylic acids is 1. The normalized spacial score (nSPS) is 10.9. The zero-order valence-corrected chi connectivity index (χ0v) is 11.8. The van der Waals surface area contributed by atoms with Crippen LogP contribution in [0.5, 0.6) is 0 Å². The number of aryl methyl sites for hydroxylation is 2. The Morgan fingerprint density at radius 3 is 2.70 bits per heavy atom. The largest absolute Gasteiger partial charge is 0.340 e. The van der Waals surface area contributed by atoms with Crippen molar-refractivity contribution in [3.8, 4) is 0 Å². The fraction of sp³-hybridized carbons (Fsp3) is 0.167. The van der Waals surface area contributed by atoms with E-state index in [1.165, 1.54) is 5.39 Å². The third-order valence-electron chi connectivity index (χ3n) is 3.69. The summed E-state index contributed by atoms with van der Waals surface area (Å²) >= 11 is 0. The van der Waals surface area contributed by atoms with Gasteiger partial charge in [-0.15, -0.1) is 0 Å². The molecule has 20 heavy (non-hydrogen) atoms. The molecule has 1 heterocycles. The molecule has 0 fully saturated rings. The third-order valence-corrected chi connectivity index (χ3v) is 3.69. The average molecular weight is 263 g/mol. The number of fused-ring (bicyclic) bond motifs is 1. The molecule has 0 aliphatic heterocycles. The minimum Gasteiger partial charge on any atom is -0.340 e. The molecule has 0 radical (unpaired) electrons. The highest BCUT2D eigenvalue weighted by Crippen LogP contribution is 2.17. The molecule has 100 valence electrons. The standard InChI is InChI=1S/C18H17NO/c1-13-7-8-14(2)16(11-13)18(20)12-19-10-9-15-5-3-4-6-17(15)19/h3-11H,12H2,1-2H3. The predicted molar refractivity (Wildman–Crippen MR) is 82.2 cm³/mol. The van der Waals surface area contributed by atoms with Crippen molar-refractivity contribution in [1.82, 2.24) is 4.57 Å². The summed E-state index contributed by atoms with van der Waals surface area (Å²) in [5, 5.41) is 1.17. The van der Waals surface area contributed by atoms with Crippen LogP contribution in [-0.4, -0.2) is 10.4 Å². The SMILES string of the molecule is Cc1ccc(C)c(C(=O)Cn2ccc3ccccc32)c1. The van der Waals surface area contributed by atoms with E-state index in [-0.39, 0.29) is 5.78 Å². The number of hydrogen-bond acceptors (Lipinski definition) is 1. The topological polar surface area (TPSA) is 22.0 Å². The minimum absolute atomic E-state index is 0.160. The first kappa shape index (κ1) is 12.7. The molecule has 2 aromatic carbocycles. The average Bonchev–Trinajstić information content (AvgIpc) is 2.85. The lowest BCUT2D eigenvalue weighted by atomic mass is 10.0. The maximum Gasteiger partial charge on any atom is 0.182 e. The van der Waals surface area contributed by atoms with Crippen LogP contribution >= 0.6 is 0 Å². The molecular formula is C18H17NO. The van der Waals surface area contributed by atoms with Crippen molar-refractivity contribution in [2.24, 2.45) is 0 Å². The van der Waals surface area contributed by atoms with E-state index < -0.39 is 0 Å². The first-order valence-electron chi connectivity index (χ1n) is 6.79. The second kappa shape index (κ2) is 4.97. The molecule has 3 aromatic rings. The van der Waals surface area contributed by atoms with Crippen molar-refractivity contribution in [2.75, 3.05) is 0 Å². The highest BCUT2D eigenvalue weighted by molar-refractivity contribution is 5.98. The lowest BCUT2D eigenvalue weighted by Crippen LogP contribution is -2.11. The van der Waals surface area contributed by atoms with Gasteiger partial charge in [-0.1, -0.05) is 35.9 Å². The van der Waals surface area contributed by atoms with Gasteiger partial charge >= 0.3 is 0 Å². The van der Waals surface area contributed by atoms with Gasteiger partial charge in [-0.3, -0.25) is 4.79 Å². The van der Waals surface area contributed by atoms with Crippen LogP contribution in [0.15, 0.2) is 54.7 Å². The second-order valence-corrected chi connectivity index (χ2v) is 5.24. The first-order valence-corrected chi connectivity index (χ1v) is 6.79. The summed E-state index contributed by atoms with van der Waals surface area (Å²) in [6.45, 7) is 4.39. The molecule has 2 heteroatoms. The van der Waals surface area contributed by atoms with Crippen molar-refractivity contribution in [3.63, 3.8) is 0 Å².